The van der Waals surface area contributed by atoms with Crippen LogP contribution in [0.2, 0.25) is 0 Å². The third-order valence-corrected chi connectivity index (χ3v) is 7.28. The number of hydroxylamine groups is 1. The van der Waals surface area contributed by atoms with Gasteiger partial charge in [0.15, 0.2) is 0 Å². The third-order valence-electron chi connectivity index (χ3n) is 7.28. The lowest BCUT2D eigenvalue weighted by Gasteiger charge is -2.53. The molecular weight excluding hydrogens is 466 g/mol. The first kappa shape index (κ1) is 24.5. The summed E-state index contributed by atoms with van der Waals surface area (Å²) in [5.74, 6) is -0.685. The maximum Gasteiger partial charge on any atom is 0.267 e. The second-order valence-electron chi connectivity index (χ2n) is 9.44. The van der Waals surface area contributed by atoms with Crippen LogP contribution in [0, 0.1) is 0 Å². The largest absolute Gasteiger partial charge is 0.338 e. The number of piperidine rings is 1. The summed E-state index contributed by atoms with van der Waals surface area (Å²) in [7, 11) is 0. The average Bonchev–Trinajstić information content (AvgIpc) is 2.96. The number of nitrogens with one attached hydrogen (secondary N) is 1. The minimum absolute atomic E-state index is 0.00290. The number of carbonyl (C=O) groups is 3. The Morgan fingerprint density at radius 2 is 1.43 bits per heavy atom. The van der Waals surface area contributed by atoms with Gasteiger partial charge in [0.1, 0.15) is 0 Å². The van der Waals surface area contributed by atoms with Crippen LogP contribution in [0.15, 0.2) is 91.0 Å². The zero-order valence-electron chi connectivity index (χ0n) is 20.4. The number of rotatable bonds is 6. The quantitative estimate of drug-likeness (QED) is 0.232. The maximum absolute atomic E-state index is 13.4. The highest BCUT2D eigenvalue weighted by Gasteiger charge is 2.51. The zero-order valence-corrected chi connectivity index (χ0v) is 20.4. The predicted molar refractivity (Wildman–Crippen MR) is 140 cm³/mol. The van der Waals surface area contributed by atoms with Crippen molar-refractivity contribution in [3.63, 3.8) is 0 Å². The van der Waals surface area contributed by atoms with Crippen LogP contribution in [-0.2, 0) is 9.59 Å². The summed E-state index contributed by atoms with van der Waals surface area (Å²) in [5.41, 5.74) is 5.05. The molecule has 0 unspecified atom stereocenters. The van der Waals surface area contributed by atoms with Crippen LogP contribution in [0.1, 0.15) is 51.8 Å². The van der Waals surface area contributed by atoms with Gasteiger partial charge in [0.2, 0.25) is 5.91 Å². The summed E-state index contributed by atoms with van der Waals surface area (Å²) in [4.78, 5) is 41.6. The molecule has 0 bridgehead atoms. The molecule has 37 heavy (non-hydrogen) atoms. The third kappa shape index (κ3) is 5.04. The molecule has 0 aromatic heterocycles. The highest BCUT2D eigenvalue weighted by Crippen LogP contribution is 2.48. The van der Waals surface area contributed by atoms with E-state index >= 15 is 0 Å². The van der Waals surface area contributed by atoms with Crippen molar-refractivity contribution < 1.29 is 19.6 Å². The zero-order chi connectivity index (χ0) is 25.8. The summed E-state index contributed by atoms with van der Waals surface area (Å²) in [6.07, 6.45) is 4.24. The Morgan fingerprint density at radius 1 is 0.838 bits per heavy atom. The van der Waals surface area contributed by atoms with Crippen LogP contribution in [0.5, 0.6) is 0 Å². The van der Waals surface area contributed by atoms with E-state index in [1.165, 1.54) is 6.08 Å². The molecule has 2 N–H and O–H groups in total. The van der Waals surface area contributed by atoms with Gasteiger partial charge >= 0.3 is 0 Å². The van der Waals surface area contributed by atoms with Gasteiger partial charge in [0.05, 0.1) is 12.0 Å². The number of likely N-dealkylation sites (tertiary alicyclic amines) is 2. The Bertz CT molecular complexity index is 1280. The van der Waals surface area contributed by atoms with Crippen LogP contribution in [-0.4, -0.2) is 51.9 Å². The summed E-state index contributed by atoms with van der Waals surface area (Å²) in [6.45, 7) is 1.17. The first-order chi connectivity index (χ1) is 18.1. The highest BCUT2D eigenvalue weighted by molar-refractivity contribution is 5.95. The van der Waals surface area contributed by atoms with Crippen molar-refractivity contribution in [2.45, 2.75) is 30.8 Å². The molecule has 7 heteroatoms. The normalized spacial score (nSPS) is 20.1. The SMILES string of the molecule is O=C(/C=C/c1ccc(C(=O)N2CCC(N3C(=O)[C@H](c4ccccc4)[C@H]3c3ccccc3)CC2)cc1)NO. The molecule has 0 aliphatic carbocycles. The Hall–Kier alpha value is -4.23. The van der Waals surface area contributed by atoms with E-state index in [0.29, 0.717) is 18.7 Å². The minimum Gasteiger partial charge on any atom is -0.338 e. The molecule has 188 valence electrons. The number of benzene rings is 3. The van der Waals surface area contributed by atoms with E-state index in [4.69, 9.17) is 5.21 Å². The number of carbonyl (C=O) groups excluding carboxylic acids is 3. The molecule has 2 heterocycles. The minimum atomic E-state index is -0.617. The lowest BCUT2D eigenvalue weighted by atomic mass is 9.76. The smallest absolute Gasteiger partial charge is 0.267 e. The lowest BCUT2D eigenvalue weighted by molar-refractivity contribution is -0.156. The van der Waals surface area contributed by atoms with Crippen molar-refractivity contribution >= 4 is 23.8 Å². The Kier molecular flexibility index (Phi) is 7.14. The van der Waals surface area contributed by atoms with E-state index in [0.717, 1.165) is 29.5 Å². The molecule has 2 saturated heterocycles. The summed E-state index contributed by atoms with van der Waals surface area (Å²) >= 11 is 0. The summed E-state index contributed by atoms with van der Waals surface area (Å²) in [5, 5.41) is 8.58. The molecule has 0 radical (unpaired) electrons. The molecule has 2 fully saturated rings. The molecule has 3 aromatic carbocycles. The van der Waals surface area contributed by atoms with Gasteiger partial charge in [-0.15, -0.1) is 0 Å². The van der Waals surface area contributed by atoms with Gasteiger partial charge in [-0.05, 0) is 47.7 Å². The molecule has 2 aliphatic rings. The van der Waals surface area contributed by atoms with Crippen molar-refractivity contribution in [1.82, 2.24) is 15.3 Å². The highest BCUT2D eigenvalue weighted by atomic mass is 16.5. The standard InChI is InChI=1S/C30H29N3O4/c34-26(31-37)16-13-21-11-14-24(15-12-21)29(35)32-19-17-25(18-20-32)33-28(23-9-5-2-6-10-23)27(30(33)36)22-7-3-1-4-8-22/h1-16,25,27-28,37H,17-20H2,(H,31,34)/b16-13+/t27-,28-/m1/s1. The molecule has 0 spiro atoms. The number of hydrogen-bond donors (Lipinski definition) is 2. The maximum atomic E-state index is 13.4. The monoisotopic (exact) mass is 495 g/mol. The van der Waals surface area contributed by atoms with E-state index in [1.54, 1.807) is 35.8 Å². The molecular formula is C30H29N3O4. The summed E-state index contributed by atoms with van der Waals surface area (Å²) < 4.78 is 0. The average molecular weight is 496 g/mol. The van der Waals surface area contributed by atoms with E-state index in [2.05, 4.69) is 12.1 Å². The molecule has 3 aromatic rings. The molecule has 5 rings (SSSR count). The van der Waals surface area contributed by atoms with Crippen molar-refractivity contribution in [3.05, 3.63) is 113 Å². The van der Waals surface area contributed by atoms with Gasteiger partial charge in [0.25, 0.3) is 11.8 Å². The first-order valence-electron chi connectivity index (χ1n) is 12.5. The van der Waals surface area contributed by atoms with Crippen molar-refractivity contribution in [2.75, 3.05) is 13.1 Å². The van der Waals surface area contributed by atoms with Crippen LogP contribution >= 0.6 is 0 Å². The van der Waals surface area contributed by atoms with Gasteiger partial charge in [-0.25, -0.2) is 5.48 Å². The number of β-lactam (4-membered cyclic amide) rings is 1. The van der Waals surface area contributed by atoms with Crippen LogP contribution in [0.4, 0.5) is 0 Å². The predicted octanol–water partition coefficient (Wildman–Crippen LogP) is 4.18. The molecule has 7 nitrogen and oxygen atoms in total. The van der Waals surface area contributed by atoms with Crippen molar-refractivity contribution in [3.8, 4) is 0 Å². The van der Waals surface area contributed by atoms with Gasteiger partial charge in [-0.1, -0.05) is 72.8 Å². The Morgan fingerprint density at radius 3 is 2.03 bits per heavy atom. The van der Waals surface area contributed by atoms with Gasteiger partial charge in [0, 0.05) is 30.8 Å². The van der Waals surface area contributed by atoms with Crippen LogP contribution in [0.3, 0.4) is 0 Å². The number of hydrogen-bond acceptors (Lipinski definition) is 4. The number of nitrogens with zero attached hydrogens (tertiary/aromatic N) is 2. The second kappa shape index (κ2) is 10.8. The Labute approximate surface area is 216 Å². The van der Waals surface area contributed by atoms with E-state index in [-0.39, 0.29) is 29.8 Å². The van der Waals surface area contributed by atoms with Gasteiger partial charge in [-0.2, -0.15) is 0 Å². The van der Waals surface area contributed by atoms with Crippen molar-refractivity contribution in [2.24, 2.45) is 0 Å². The van der Waals surface area contributed by atoms with E-state index in [1.807, 2.05) is 58.3 Å². The van der Waals surface area contributed by atoms with Crippen molar-refractivity contribution in [1.29, 1.82) is 0 Å². The van der Waals surface area contributed by atoms with E-state index in [9.17, 15) is 14.4 Å². The fourth-order valence-corrected chi connectivity index (χ4v) is 5.38. The van der Waals surface area contributed by atoms with Gasteiger partial charge in [-0.3, -0.25) is 19.6 Å². The molecule has 0 saturated carbocycles. The topological polar surface area (TPSA) is 90.0 Å². The molecule has 2 aliphatic heterocycles. The lowest BCUT2D eigenvalue weighted by Crippen LogP contribution is -2.60. The molecule has 3 amide bonds. The van der Waals surface area contributed by atoms with E-state index < -0.39 is 5.91 Å². The van der Waals surface area contributed by atoms with Crippen LogP contribution in [0.25, 0.3) is 6.08 Å². The molecule has 2 atom stereocenters. The fourth-order valence-electron chi connectivity index (χ4n) is 5.38. The summed E-state index contributed by atoms with van der Waals surface area (Å²) in [6, 6.07) is 27.3. The Balaban J connectivity index is 1.25. The van der Waals surface area contributed by atoms with Gasteiger partial charge < -0.3 is 9.80 Å². The fraction of sp³-hybridized carbons (Fsp3) is 0.233. The van der Waals surface area contributed by atoms with Crippen LogP contribution < -0.4 is 5.48 Å². The number of amides is 3. The second-order valence-corrected chi connectivity index (χ2v) is 9.44. The first-order valence-corrected chi connectivity index (χ1v) is 12.5.